The summed E-state index contributed by atoms with van der Waals surface area (Å²) in [7, 11) is 0. The Balaban J connectivity index is 2.05. The molecule has 22 heavy (non-hydrogen) atoms. The lowest BCUT2D eigenvalue weighted by atomic mass is 10.00. The normalized spacial score (nSPS) is 10.2. The van der Waals surface area contributed by atoms with Crippen LogP contribution in [0.5, 0.6) is 5.75 Å². The summed E-state index contributed by atoms with van der Waals surface area (Å²) in [6.07, 6.45) is 6.02. The molecular formula is C20H23NO. The number of nitriles is 1. The van der Waals surface area contributed by atoms with Gasteiger partial charge in [-0.1, -0.05) is 75.1 Å². The van der Waals surface area contributed by atoms with Crippen LogP contribution in [-0.2, 0) is 0 Å². The van der Waals surface area contributed by atoms with Gasteiger partial charge in [0.15, 0.2) is 0 Å². The van der Waals surface area contributed by atoms with Gasteiger partial charge in [-0.15, -0.1) is 0 Å². The van der Waals surface area contributed by atoms with Crippen LogP contribution in [0.4, 0.5) is 0 Å². The maximum atomic E-state index is 9.50. The maximum Gasteiger partial charge on any atom is 0.137 e. The summed E-state index contributed by atoms with van der Waals surface area (Å²) >= 11 is 0. The highest BCUT2D eigenvalue weighted by molar-refractivity contribution is 5.73. The van der Waals surface area contributed by atoms with Crippen LogP contribution in [0.2, 0.25) is 0 Å². The van der Waals surface area contributed by atoms with E-state index in [4.69, 9.17) is 4.74 Å². The van der Waals surface area contributed by atoms with Crippen molar-refractivity contribution in [1.82, 2.24) is 0 Å². The molecule has 2 nitrogen and oxygen atoms in total. The van der Waals surface area contributed by atoms with Crippen molar-refractivity contribution in [2.75, 3.05) is 6.61 Å². The molecule has 0 N–H and O–H groups in total. The van der Waals surface area contributed by atoms with E-state index in [1.165, 1.54) is 25.7 Å². The Labute approximate surface area is 133 Å². The van der Waals surface area contributed by atoms with Crippen LogP contribution >= 0.6 is 0 Å². The summed E-state index contributed by atoms with van der Waals surface area (Å²) in [5.41, 5.74) is 2.61. The van der Waals surface area contributed by atoms with E-state index in [0.717, 1.165) is 17.5 Å². The van der Waals surface area contributed by atoms with E-state index in [-0.39, 0.29) is 0 Å². The quantitative estimate of drug-likeness (QED) is 0.596. The molecule has 0 aliphatic heterocycles. The second-order valence-corrected chi connectivity index (χ2v) is 5.42. The first-order valence-electron chi connectivity index (χ1n) is 8.08. The zero-order valence-electron chi connectivity index (χ0n) is 13.2. The number of hydrogen-bond acceptors (Lipinski definition) is 2. The van der Waals surface area contributed by atoms with Gasteiger partial charge in [-0.2, -0.15) is 5.26 Å². The Hall–Kier alpha value is -2.27. The van der Waals surface area contributed by atoms with Crippen molar-refractivity contribution in [3.05, 3.63) is 54.1 Å². The molecule has 0 amide bonds. The molecule has 2 aromatic rings. The van der Waals surface area contributed by atoms with Crippen molar-refractivity contribution < 1.29 is 4.74 Å². The van der Waals surface area contributed by atoms with Gasteiger partial charge in [0.2, 0.25) is 0 Å². The zero-order chi connectivity index (χ0) is 15.6. The van der Waals surface area contributed by atoms with E-state index in [9.17, 15) is 5.26 Å². The zero-order valence-corrected chi connectivity index (χ0v) is 13.2. The highest BCUT2D eigenvalue weighted by Gasteiger charge is 2.10. The van der Waals surface area contributed by atoms with Gasteiger partial charge in [0, 0.05) is 5.56 Å². The first kappa shape index (κ1) is 16.1. The van der Waals surface area contributed by atoms with Crippen LogP contribution in [-0.4, -0.2) is 6.61 Å². The Morgan fingerprint density at radius 3 is 2.41 bits per heavy atom. The largest absolute Gasteiger partial charge is 0.492 e. The Morgan fingerprint density at radius 2 is 1.68 bits per heavy atom. The van der Waals surface area contributed by atoms with Gasteiger partial charge >= 0.3 is 0 Å². The van der Waals surface area contributed by atoms with E-state index in [0.29, 0.717) is 17.9 Å². The summed E-state index contributed by atoms with van der Waals surface area (Å²) in [6, 6.07) is 18.1. The average molecular weight is 293 g/mol. The summed E-state index contributed by atoms with van der Waals surface area (Å²) in [4.78, 5) is 0. The molecule has 0 aliphatic carbocycles. The fraction of sp³-hybridized carbons (Fsp3) is 0.350. The Bertz CT molecular complexity index is 613. The van der Waals surface area contributed by atoms with Gasteiger partial charge in [0.05, 0.1) is 6.61 Å². The minimum Gasteiger partial charge on any atom is -0.492 e. The predicted octanol–water partition coefficient (Wildman–Crippen LogP) is 5.57. The number of nitrogens with zero attached hydrogens (tertiary/aromatic N) is 1. The third kappa shape index (κ3) is 4.36. The lowest BCUT2D eigenvalue weighted by molar-refractivity contribution is 0.304. The number of unbranched alkanes of at least 4 members (excludes halogenated alkanes) is 4. The van der Waals surface area contributed by atoms with Gasteiger partial charge in [0.1, 0.15) is 17.4 Å². The maximum absolute atomic E-state index is 9.50. The van der Waals surface area contributed by atoms with Crippen molar-refractivity contribution in [3.8, 4) is 22.9 Å². The van der Waals surface area contributed by atoms with Crippen LogP contribution in [0.25, 0.3) is 11.1 Å². The molecule has 0 fully saturated rings. The summed E-state index contributed by atoms with van der Waals surface area (Å²) in [6.45, 7) is 2.89. The van der Waals surface area contributed by atoms with Gasteiger partial charge in [-0.3, -0.25) is 0 Å². The molecule has 0 saturated carbocycles. The first-order chi connectivity index (χ1) is 10.9. The van der Waals surface area contributed by atoms with Crippen molar-refractivity contribution in [1.29, 1.82) is 5.26 Å². The number of ether oxygens (including phenoxy) is 1. The van der Waals surface area contributed by atoms with Crippen LogP contribution in [0.1, 0.15) is 44.6 Å². The summed E-state index contributed by atoms with van der Waals surface area (Å²) < 4.78 is 5.85. The number of rotatable bonds is 8. The lowest BCUT2D eigenvalue weighted by Gasteiger charge is -2.11. The smallest absolute Gasteiger partial charge is 0.137 e. The number of benzene rings is 2. The van der Waals surface area contributed by atoms with Gasteiger partial charge in [-0.05, 0) is 18.1 Å². The molecule has 0 aliphatic rings. The lowest BCUT2D eigenvalue weighted by Crippen LogP contribution is -2.00. The molecule has 0 aromatic heterocycles. The van der Waals surface area contributed by atoms with E-state index < -0.39 is 0 Å². The van der Waals surface area contributed by atoms with Crippen molar-refractivity contribution >= 4 is 0 Å². The van der Waals surface area contributed by atoms with E-state index in [1.807, 2.05) is 48.5 Å². The van der Waals surface area contributed by atoms with Gasteiger partial charge < -0.3 is 4.74 Å². The van der Waals surface area contributed by atoms with Crippen molar-refractivity contribution in [2.24, 2.45) is 0 Å². The van der Waals surface area contributed by atoms with Crippen LogP contribution < -0.4 is 4.74 Å². The molecular weight excluding hydrogens is 270 g/mol. The number of hydrogen-bond donors (Lipinski definition) is 0. The first-order valence-corrected chi connectivity index (χ1v) is 8.08. The minimum absolute atomic E-state index is 0.627. The molecule has 2 rings (SSSR count). The molecule has 0 radical (unpaired) electrons. The van der Waals surface area contributed by atoms with Crippen LogP contribution in [0, 0.1) is 11.3 Å². The van der Waals surface area contributed by atoms with Crippen molar-refractivity contribution in [2.45, 2.75) is 39.0 Å². The molecule has 0 atom stereocenters. The highest BCUT2D eigenvalue weighted by atomic mass is 16.5. The Kier molecular flexibility index (Phi) is 6.51. The average Bonchev–Trinajstić information content (AvgIpc) is 2.58. The topological polar surface area (TPSA) is 33.0 Å². The second-order valence-electron chi connectivity index (χ2n) is 5.42. The molecule has 0 bridgehead atoms. The molecule has 0 unspecified atom stereocenters. The highest BCUT2D eigenvalue weighted by Crippen LogP contribution is 2.30. The Morgan fingerprint density at radius 1 is 0.909 bits per heavy atom. The van der Waals surface area contributed by atoms with Crippen molar-refractivity contribution in [3.63, 3.8) is 0 Å². The SMILES string of the molecule is CCCCCCCOc1cccc(-c2ccccc2)c1C#N. The fourth-order valence-electron chi connectivity index (χ4n) is 2.51. The van der Waals surface area contributed by atoms with E-state index in [1.54, 1.807) is 0 Å². The van der Waals surface area contributed by atoms with Crippen LogP contribution in [0.15, 0.2) is 48.5 Å². The third-order valence-electron chi connectivity index (χ3n) is 3.73. The minimum atomic E-state index is 0.627. The summed E-state index contributed by atoms with van der Waals surface area (Å²) in [5.74, 6) is 0.694. The standard InChI is InChI=1S/C20H23NO/c1-2-3-4-5-9-15-22-20-14-10-13-18(19(20)16-21)17-11-7-6-8-12-17/h6-8,10-14H,2-5,9,15H2,1H3. The molecule has 2 aromatic carbocycles. The monoisotopic (exact) mass is 293 g/mol. The second kappa shape index (κ2) is 8.89. The predicted molar refractivity (Wildman–Crippen MR) is 90.8 cm³/mol. The molecule has 0 spiro atoms. The fourth-order valence-corrected chi connectivity index (χ4v) is 2.51. The van der Waals surface area contributed by atoms with Gasteiger partial charge in [0.25, 0.3) is 0 Å². The molecule has 2 heteroatoms. The third-order valence-corrected chi connectivity index (χ3v) is 3.73. The molecule has 0 heterocycles. The van der Waals surface area contributed by atoms with Crippen LogP contribution in [0.3, 0.4) is 0 Å². The van der Waals surface area contributed by atoms with E-state index >= 15 is 0 Å². The van der Waals surface area contributed by atoms with E-state index in [2.05, 4.69) is 13.0 Å². The molecule has 0 saturated heterocycles. The molecule has 114 valence electrons. The summed E-state index contributed by atoms with van der Waals surface area (Å²) in [5, 5.41) is 9.50. The van der Waals surface area contributed by atoms with Gasteiger partial charge in [-0.25, -0.2) is 0 Å².